The van der Waals surface area contributed by atoms with Gasteiger partial charge < -0.3 is 14.9 Å². The third kappa shape index (κ3) is 5.87. The zero-order valence-electron chi connectivity index (χ0n) is 13.8. The molecule has 25 heavy (non-hydrogen) atoms. The number of cyclic esters (lactones) is 1. The van der Waals surface area contributed by atoms with E-state index < -0.39 is 30.1 Å². The number of carboxylic acid groups (broad SMARTS) is 1. The number of carboxylic acids is 1. The number of benzene rings is 1. The van der Waals surface area contributed by atoms with Crippen LogP contribution in [0, 0.1) is 0 Å². The van der Waals surface area contributed by atoms with Gasteiger partial charge >= 0.3 is 11.9 Å². The minimum absolute atomic E-state index is 0.0541. The van der Waals surface area contributed by atoms with Crippen LogP contribution in [-0.4, -0.2) is 33.9 Å². The van der Waals surface area contributed by atoms with Gasteiger partial charge in [0.25, 0.3) is 0 Å². The second kappa shape index (κ2) is 8.88. The van der Waals surface area contributed by atoms with Gasteiger partial charge in [-0.2, -0.15) is 0 Å². The molecule has 5 nitrogen and oxygen atoms in total. The normalized spacial score (nSPS) is 22.8. The number of rotatable bonds is 9. The Morgan fingerprint density at radius 1 is 1.24 bits per heavy atom. The number of carbonyl (C=O) groups is 2. The van der Waals surface area contributed by atoms with Crippen LogP contribution in [0.2, 0.25) is 10.0 Å². The summed E-state index contributed by atoms with van der Waals surface area (Å²) >= 11 is 12.0. The highest BCUT2D eigenvalue weighted by Crippen LogP contribution is 2.31. The van der Waals surface area contributed by atoms with Crippen molar-refractivity contribution in [1.29, 1.82) is 0 Å². The van der Waals surface area contributed by atoms with Crippen molar-refractivity contribution in [2.75, 3.05) is 0 Å². The number of unbranched alkanes of at least 4 members (excludes halogenated alkanes) is 3. The number of ether oxygens (including phenoxy) is 1. The first kappa shape index (κ1) is 20.0. The van der Waals surface area contributed by atoms with Crippen LogP contribution in [0.4, 0.5) is 0 Å². The molecular formula is C18H22Cl2O5. The molecule has 1 aromatic rings. The molecule has 1 fully saturated rings. The van der Waals surface area contributed by atoms with Crippen molar-refractivity contribution >= 4 is 35.1 Å². The number of carbonyl (C=O) groups excluding carboxylic acids is 1. The van der Waals surface area contributed by atoms with E-state index in [-0.39, 0.29) is 6.42 Å². The number of aliphatic hydroxyl groups is 1. The Bertz CT molecular complexity index is 634. The Labute approximate surface area is 156 Å². The summed E-state index contributed by atoms with van der Waals surface area (Å²) in [5, 5.41) is 20.1. The molecule has 0 saturated carbocycles. The molecule has 2 atom stereocenters. The smallest absolute Gasteiger partial charge is 0.339 e. The fourth-order valence-corrected chi connectivity index (χ4v) is 3.59. The fraction of sp³-hybridized carbons (Fsp3) is 0.556. The van der Waals surface area contributed by atoms with Crippen molar-refractivity contribution in [2.24, 2.45) is 0 Å². The standard InChI is InChI=1S/C18H22Cl2O5/c19-13-8-7-12(15(20)9-13)5-3-1-2-4-6-14-10-18(24,11-16(21)22)17(23)25-14/h7-9,14,24H,1-6,10-11H2,(H,21,22). The highest BCUT2D eigenvalue weighted by Gasteiger charge is 2.48. The number of aryl methyl sites for hydroxylation is 1. The summed E-state index contributed by atoms with van der Waals surface area (Å²) in [6.45, 7) is 0. The van der Waals surface area contributed by atoms with Gasteiger partial charge in [-0.25, -0.2) is 4.79 Å². The first-order chi connectivity index (χ1) is 11.8. The molecular weight excluding hydrogens is 367 g/mol. The number of hydrogen-bond acceptors (Lipinski definition) is 4. The first-order valence-corrected chi connectivity index (χ1v) is 9.15. The van der Waals surface area contributed by atoms with Crippen molar-refractivity contribution < 1.29 is 24.5 Å². The van der Waals surface area contributed by atoms with E-state index >= 15 is 0 Å². The lowest BCUT2D eigenvalue weighted by molar-refractivity contribution is -0.160. The van der Waals surface area contributed by atoms with E-state index in [1.54, 1.807) is 6.07 Å². The molecule has 0 radical (unpaired) electrons. The van der Waals surface area contributed by atoms with Gasteiger partial charge in [0.1, 0.15) is 6.10 Å². The predicted molar refractivity (Wildman–Crippen MR) is 95.0 cm³/mol. The van der Waals surface area contributed by atoms with Crippen LogP contribution in [0.15, 0.2) is 18.2 Å². The fourth-order valence-electron chi connectivity index (χ4n) is 3.08. The number of esters is 1. The van der Waals surface area contributed by atoms with Crippen molar-refractivity contribution in [3.8, 4) is 0 Å². The molecule has 0 bridgehead atoms. The van der Waals surface area contributed by atoms with Crippen molar-refractivity contribution in [2.45, 2.75) is 63.1 Å². The second-order valence-corrected chi connectivity index (χ2v) is 7.37. The Morgan fingerprint density at radius 2 is 1.96 bits per heavy atom. The molecule has 0 aliphatic carbocycles. The molecule has 1 heterocycles. The molecule has 2 unspecified atom stereocenters. The van der Waals surface area contributed by atoms with Gasteiger partial charge in [-0.1, -0.05) is 42.1 Å². The summed E-state index contributed by atoms with van der Waals surface area (Å²) in [7, 11) is 0. The molecule has 0 aromatic heterocycles. The Morgan fingerprint density at radius 3 is 2.64 bits per heavy atom. The molecule has 1 aliphatic heterocycles. The van der Waals surface area contributed by atoms with Gasteiger partial charge in [-0.05, 0) is 43.4 Å². The molecule has 0 spiro atoms. The van der Waals surface area contributed by atoms with Gasteiger partial charge in [0.15, 0.2) is 5.60 Å². The number of hydrogen-bond donors (Lipinski definition) is 2. The van der Waals surface area contributed by atoms with Crippen molar-refractivity contribution in [3.05, 3.63) is 33.8 Å². The van der Waals surface area contributed by atoms with Crippen LogP contribution >= 0.6 is 23.2 Å². The third-order valence-corrected chi connectivity index (χ3v) is 4.99. The summed E-state index contributed by atoms with van der Waals surface area (Å²) in [6, 6.07) is 5.51. The van der Waals surface area contributed by atoms with E-state index in [1.165, 1.54) is 0 Å². The average molecular weight is 389 g/mol. The van der Waals surface area contributed by atoms with E-state index in [9.17, 15) is 14.7 Å². The summed E-state index contributed by atoms with van der Waals surface area (Å²) in [5.74, 6) is -2.03. The van der Waals surface area contributed by atoms with Gasteiger partial charge in [-0.15, -0.1) is 0 Å². The maximum absolute atomic E-state index is 11.6. The van der Waals surface area contributed by atoms with Crippen LogP contribution in [-0.2, 0) is 20.7 Å². The highest BCUT2D eigenvalue weighted by molar-refractivity contribution is 6.35. The zero-order valence-corrected chi connectivity index (χ0v) is 15.4. The second-order valence-electron chi connectivity index (χ2n) is 6.52. The monoisotopic (exact) mass is 388 g/mol. The van der Waals surface area contributed by atoms with E-state index in [0.717, 1.165) is 37.7 Å². The molecule has 2 N–H and O–H groups in total. The van der Waals surface area contributed by atoms with E-state index in [1.807, 2.05) is 12.1 Å². The molecule has 1 aliphatic rings. The largest absolute Gasteiger partial charge is 0.481 e. The predicted octanol–water partition coefficient (Wildman–Crippen LogP) is 4.01. The zero-order chi connectivity index (χ0) is 18.4. The Hall–Kier alpha value is -1.30. The number of halogens is 2. The molecule has 1 aromatic carbocycles. The van der Waals surface area contributed by atoms with Crippen LogP contribution in [0.25, 0.3) is 0 Å². The summed E-state index contributed by atoms with van der Waals surface area (Å²) in [4.78, 5) is 22.4. The Kier molecular flexibility index (Phi) is 7.11. The minimum atomic E-state index is -1.87. The first-order valence-electron chi connectivity index (χ1n) is 8.39. The average Bonchev–Trinajstić information content (AvgIpc) is 2.78. The quantitative estimate of drug-likeness (QED) is 0.493. The Balaban J connectivity index is 1.63. The third-order valence-electron chi connectivity index (χ3n) is 4.40. The van der Waals surface area contributed by atoms with E-state index in [2.05, 4.69) is 0 Å². The van der Waals surface area contributed by atoms with E-state index in [0.29, 0.717) is 16.5 Å². The minimum Gasteiger partial charge on any atom is -0.481 e. The van der Waals surface area contributed by atoms with Crippen molar-refractivity contribution in [1.82, 2.24) is 0 Å². The maximum Gasteiger partial charge on any atom is 0.339 e. The molecule has 138 valence electrons. The maximum atomic E-state index is 11.6. The topological polar surface area (TPSA) is 83.8 Å². The molecule has 0 amide bonds. The van der Waals surface area contributed by atoms with Gasteiger partial charge in [-0.3, -0.25) is 4.79 Å². The van der Waals surface area contributed by atoms with Crippen LogP contribution in [0.1, 0.15) is 50.5 Å². The highest BCUT2D eigenvalue weighted by atomic mass is 35.5. The SMILES string of the molecule is O=C(O)CC1(O)CC(CCCCCCc2ccc(Cl)cc2Cl)OC1=O. The molecule has 7 heteroatoms. The molecule has 2 rings (SSSR count). The van der Waals surface area contributed by atoms with Gasteiger partial charge in [0.05, 0.1) is 6.42 Å². The molecule has 1 saturated heterocycles. The van der Waals surface area contributed by atoms with E-state index in [4.69, 9.17) is 33.0 Å². The lowest BCUT2D eigenvalue weighted by atomic mass is 9.93. The van der Waals surface area contributed by atoms with Crippen molar-refractivity contribution in [3.63, 3.8) is 0 Å². The summed E-state index contributed by atoms with van der Waals surface area (Å²) < 4.78 is 5.10. The van der Waals surface area contributed by atoms with Crippen LogP contribution < -0.4 is 0 Å². The van der Waals surface area contributed by atoms with Crippen LogP contribution in [0.3, 0.4) is 0 Å². The summed E-state index contributed by atoms with van der Waals surface area (Å²) in [6.07, 6.45) is 4.40. The summed E-state index contributed by atoms with van der Waals surface area (Å²) in [5.41, 5.74) is -0.795. The van der Waals surface area contributed by atoms with Gasteiger partial charge in [0, 0.05) is 16.5 Å². The van der Waals surface area contributed by atoms with Crippen LogP contribution in [0.5, 0.6) is 0 Å². The number of aliphatic carboxylic acids is 1. The lowest BCUT2D eigenvalue weighted by Gasteiger charge is -2.14. The lowest BCUT2D eigenvalue weighted by Crippen LogP contribution is -2.36. The van der Waals surface area contributed by atoms with Gasteiger partial charge in [0.2, 0.25) is 0 Å².